The van der Waals surface area contributed by atoms with Crippen molar-refractivity contribution in [1.29, 1.82) is 0 Å². The average Bonchev–Trinajstić information content (AvgIpc) is 3.42. The molecule has 170 valence electrons. The van der Waals surface area contributed by atoms with E-state index in [0.717, 1.165) is 28.2 Å². The monoisotopic (exact) mass is 451 g/mol. The standard InChI is InChI=1S/C27H25N5O2/c1-18-14-23(19(2)31(18)17-20-9-12-28-13-10-20)27(34)32-25(22-7-3-4-8-26(22)33)15-24(30-32)21-6-5-11-29-16-21/h3-14,16,25,33H,15,17H2,1-2H3. The molecule has 1 atom stereocenters. The number of benzene rings is 1. The molecule has 0 saturated heterocycles. The highest BCUT2D eigenvalue weighted by atomic mass is 16.3. The average molecular weight is 452 g/mol. The summed E-state index contributed by atoms with van der Waals surface area (Å²) in [5.74, 6) is -0.0441. The molecule has 1 aromatic carbocycles. The second kappa shape index (κ2) is 8.94. The van der Waals surface area contributed by atoms with E-state index >= 15 is 0 Å². The van der Waals surface area contributed by atoms with Crippen LogP contribution in [0, 0.1) is 13.8 Å². The smallest absolute Gasteiger partial charge is 0.276 e. The van der Waals surface area contributed by atoms with E-state index in [-0.39, 0.29) is 11.7 Å². The Morgan fingerprint density at radius 1 is 1.03 bits per heavy atom. The lowest BCUT2D eigenvalue weighted by molar-refractivity contribution is 0.0709. The minimum atomic E-state index is -0.410. The number of aromatic hydroxyl groups is 1. The fraction of sp³-hybridized carbons (Fsp3) is 0.185. The van der Waals surface area contributed by atoms with Gasteiger partial charge in [-0.25, -0.2) is 5.01 Å². The lowest BCUT2D eigenvalue weighted by atomic mass is 9.98. The minimum Gasteiger partial charge on any atom is -0.508 e. The van der Waals surface area contributed by atoms with Crippen LogP contribution in [0.4, 0.5) is 0 Å². The van der Waals surface area contributed by atoms with Gasteiger partial charge in [-0.2, -0.15) is 5.10 Å². The Morgan fingerprint density at radius 2 is 1.82 bits per heavy atom. The third-order valence-electron chi connectivity index (χ3n) is 6.30. The summed E-state index contributed by atoms with van der Waals surface area (Å²) in [7, 11) is 0. The van der Waals surface area contributed by atoms with Crippen molar-refractivity contribution in [3.8, 4) is 5.75 Å². The van der Waals surface area contributed by atoms with Crippen LogP contribution in [-0.2, 0) is 6.54 Å². The van der Waals surface area contributed by atoms with Crippen LogP contribution in [0.2, 0.25) is 0 Å². The molecule has 3 aromatic heterocycles. The van der Waals surface area contributed by atoms with Gasteiger partial charge in [-0.15, -0.1) is 0 Å². The maximum Gasteiger partial charge on any atom is 0.276 e. The Kier molecular flexibility index (Phi) is 5.67. The number of hydrogen-bond donors (Lipinski definition) is 1. The molecular formula is C27H25N5O2. The first-order chi connectivity index (χ1) is 16.5. The van der Waals surface area contributed by atoms with Crippen LogP contribution in [0.25, 0.3) is 0 Å². The van der Waals surface area contributed by atoms with Gasteiger partial charge < -0.3 is 9.67 Å². The summed E-state index contributed by atoms with van der Waals surface area (Å²) < 4.78 is 2.12. The van der Waals surface area contributed by atoms with Crippen molar-refractivity contribution in [2.24, 2.45) is 5.10 Å². The van der Waals surface area contributed by atoms with Gasteiger partial charge in [0.25, 0.3) is 5.91 Å². The molecule has 1 unspecified atom stereocenters. The topological polar surface area (TPSA) is 83.6 Å². The summed E-state index contributed by atoms with van der Waals surface area (Å²) in [6, 6.07) is 16.3. The second-order valence-corrected chi connectivity index (χ2v) is 8.44. The number of para-hydroxylation sites is 1. The Bertz CT molecular complexity index is 1360. The number of phenols is 1. The molecule has 0 fully saturated rings. The molecule has 1 N–H and O–H groups in total. The van der Waals surface area contributed by atoms with E-state index in [1.54, 1.807) is 36.9 Å². The van der Waals surface area contributed by atoms with Crippen molar-refractivity contribution in [3.05, 3.63) is 113 Å². The molecule has 4 aromatic rings. The van der Waals surface area contributed by atoms with Crippen LogP contribution in [-0.4, -0.2) is 36.3 Å². The first-order valence-electron chi connectivity index (χ1n) is 11.2. The third kappa shape index (κ3) is 3.96. The first-order valence-corrected chi connectivity index (χ1v) is 11.2. The fourth-order valence-electron chi connectivity index (χ4n) is 4.47. The molecule has 1 amide bonds. The van der Waals surface area contributed by atoms with Gasteiger partial charge >= 0.3 is 0 Å². The van der Waals surface area contributed by atoms with Gasteiger partial charge in [0, 0.05) is 60.3 Å². The van der Waals surface area contributed by atoms with Crippen LogP contribution in [0.1, 0.15) is 50.9 Å². The van der Waals surface area contributed by atoms with Crippen molar-refractivity contribution in [3.63, 3.8) is 0 Å². The first kappa shape index (κ1) is 21.6. The molecule has 34 heavy (non-hydrogen) atoms. The van der Waals surface area contributed by atoms with E-state index in [1.807, 2.05) is 56.3 Å². The minimum absolute atomic E-state index is 0.149. The van der Waals surface area contributed by atoms with E-state index in [1.165, 1.54) is 5.01 Å². The van der Waals surface area contributed by atoms with Gasteiger partial charge in [0.15, 0.2) is 0 Å². The molecule has 0 spiro atoms. The number of aromatic nitrogens is 3. The number of hydrazone groups is 1. The molecule has 0 saturated carbocycles. The molecule has 4 heterocycles. The zero-order valence-corrected chi connectivity index (χ0v) is 19.1. The number of hydrogen-bond acceptors (Lipinski definition) is 5. The van der Waals surface area contributed by atoms with Crippen LogP contribution in [0.15, 0.2) is 84.5 Å². The van der Waals surface area contributed by atoms with Gasteiger partial charge in [0.2, 0.25) is 0 Å². The van der Waals surface area contributed by atoms with Crippen molar-refractivity contribution >= 4 is 11.6 Å². The molecule has 1 aliphatic heterocycles. The fourth-order valence-corrected chi connectivity index (χ4v) is 4.47. The van der Waals surface area contributed by atoms with E-state index in [4.69, 9.17) is 5.10 Å². The zero-order valence-electron chi connectivity index (χ0n) is 19.1. The normalized spacial score (nSPS) is 15.4. The van der Waals surface area contributed by atoms with Crippen LogP contribution >= 0.6 is 0 Å². The van der Waals surface area contributed by atoms with E-state index in [9.17, 15) is 9.90 Å². The second-order valence-electron chi connectivity index (χ2n) is 8.44. The Labute approximate surface area is 198 Å². The highest BCUT2D eigenvalue weighted by molar-refractivity contribution is 6.05. The van der Waals surface area contributed by atoms with Crippen LogP contribution in [0.3, 0.4) is 0 Å². The summed E-state index contributed by atoms with van der Waals surface area (Å²) in [5.41, 5.74) is 5.88. The van der Waals surface area contributed by atoms with E-state index in [0.29, 0.717) is 24.1 Å². The summed E-state index contributed by atoms with van der Waals surface area (Å²) in [6.07, 6.45) is 7.48. The molecule has 0 bridgehead atoms. The Morgan fingerprint density at radius 3 is 2.56 bits per heavy atom. The maximum atomic E-state index is 13.9. The molecule has 0 radical (unpaired) electrons. The molecule has 0 aliphatic carbocycles. The highest BCUT2D eigenvalue weighted by Crippen LogP contribution is 2.38. The van der Waals surface area contributed by atoms with E-state index in [2.05, 4.69) is 14.5 Å². The number of carbonyl (C=O) groups is 1. The quantitative estimate of drug-likeness (QED) is 0.479. The predicted molar refractivity (Wildman–Crippen MR) is 130 cm³/mol. The van der Waals surface area contributed by atoms with Gasteiger partial charge in [-0.3, -0.25) is 14.8 Å². The third-order valence-corrected chi connectivity index (χ3v) is 6.30. The van der Waals surface area contributed by atoms with Gasteiger partial charge in [-0.05, 0) is 49.7 Å². The molecule has 1 aliphatic rings. The number of amides is 1. The largest absolute Gasteiger partial charge is 0.508 e. The molecular weight excluding hydrogens is 426 g/mol. The Hall–Kier alpha value is -4.26. The summed E-state index contributed by atoms with van der Waals surface area (Å²) >= 11 is 0. The number of nitrogens with zero attached hydrogens (tertiary/aromatic N) is 5. The lowest BCUT2D eigenvalue weighted by Crippen LogP contribution is -2.27. The SMILES string of the molecule is Cc1cc(C(=O)N2N=C(c3cccnc3)CC2c2ccccc2O)c(C)n1Cc1ccncc1. The number of rotatable bonds is 5. The van der Waals surface area contributed by atoms with Crippen molar-refractivity contribution in [1.82, 2.24) is 19.5 Å². The molecule has 7 nitrogen and oxygen atoms in total. The summed E-state index contributed by atoms with van der Waals surface area (Å²) in [4.78, 5) is 22.1. The summed E-state index contributed by atoms with van der Waals surface area (Å²) in [6.45, 7) is 4.61. The van der Waals surface area contributed by atoms with Gasteiger partial charge in [-0.1, -0.05) is 24.3 Å². The number of carbonyl (C=O) groups excluding carboxylic acids is 1. The van der Waals surface area contributed by atoms with Crippen LogP contribution < -0.4 is 0 Å². The van der Waals surface area contributed by atoms with Crippen molar-refractivity contribution in [2.45, 2.75) is 32.9 Å². The number of phenolic OH excluding ortho intramolecular Hbond substituents is 1. The van der Waals surface area contributed by atoms with Crippen molar-refractivity contribution < 1.29 is 9.90 Å². The molecule has 5 rings (SSSR count). The highest BCUT2D eigenvalue weighted by Gasteiger charge is 2.36. The predicted octanol–water partition coefficient (Wildman–Crippen LogP) is 4.64. The lowest BCUT2D eigenvalue weighted by Gasteiger charge is -2.23. The van der Waals surface area contributed by atoms with Gasteiger partial charge in [0.05, 0.1) is 17.3 Å². The zero-order chi connectivity index (χ0) is 23.7. The number of aryl methyl sites for hydroxylation is 1. The van der Waals surface area contributed by atoms with E-state index < -0.39 is 6.04 Å². The van der Waals surface area contributed by atoms with Crippen LogP contribution in [0.5, 0.6) is 5.75 Å². The maximum absolute atomic E-state index is 13.9. The number of pyridine rings is 2. The van der Waals surface area contributed by atoms with Crippen molar-refractivity contribution in [2.75, 3.05) is 0 Å². The Balaban J connectivity index is 1.53. The molecule has 7 heteroatoms. The summed E-state index contributed by atoms with van der Waals surface area (Å²) in [5, 5.41) is 16.8. The van der Waals surface area contributed by atoms with Gasteiger partial charge in [0.1, 0.15) is 5.75 Å².